The first kappa shape index (κ1) is 20.9. The van der Waals surface area contributed by atoms with E-state index in [1.807, 2.05) is 30.0 Å². The van der Waals surface area contributed by atoms with Gasteiger partial charge in [0.15, 0.2) is 0 Å². The number of carbonyl (C=O) groups is 1. The number of hydrogen-bond acceptors (Lipinski definition) is 4. The molecule has 1 atom stereocenters. The molecule has 0 aliphatic carbocycles. The van der Waals surface area contributed by atoms with E-state index in [2.05, 4.69) is 13.0 Å². The molecule has 2 heterocycles. The summed E-state index contributed by atoms with van der Waals surface area (Å²) in [7, 11) is -3.57. The predicted octanol–water partition coefficient (Wildman–Crippen LogP) is 3.46. The minimum absolute atomic E-state index is 0.116. The highest BCUT2D eigenvalue weighted by Gasteiger charge is 2.38. The van der Waals surface area contributed by atoms with Crippen LogP contribution in [-0.2, 0) is 21.2 Å². The van der Waals surface area contributed by atoms with Gasteiger partial charge in [0.1, 0.15) is 5.75 Å². The first-order chi connectivity index (χ1) is 14.4. The zero-order chi connectivity index (χ0) is 21.3. The van der Waals surface area contributed by atoms with E-state index >= 15 is 0 Å². The van der Waals surface area contributed by atoms with Crippen LogP contribution in [0.3, 0.4) is 0 Å². The van der Waals surface area contributed by atoms with Gasteiger partial charge in [-0.2, -0.15) is 4.31 Å². The maximum Gasteiger partial charge on any atom is 0.243 e. The fourth-order valence-corrected chi connectivity index (χ4v) is 5.93. The van der Waals surface area contributed by atoms with Gasteiger partial charge in [0.2, 0.25) is 15.9 Å². The summed E-state index contributed by atoms with van der Waals surface area (Å²) in [6.07, 6.45) is 1.95. The number of hydrogen-bond donors (Lipinski definition) is 0. The monoisotopic (exact) mass is 428 g/mol. The van der Waals surface area contributed by atoms with Crippen molar-refractivity contribution in [1.82, 2.24) is 4.31 Å². The lowest BCUT2D eigenvalue weighted by Crippen LogP contribution is -2.46. The van der Waals surface area contributed by atoms with E-state index in [4.69, 9.17) is 4.74 Å². The number of benzene rings is 2. The Bertz CT molecular complexity index is 1010. The number of amides is 1. The Hall–Kier alpha value is -2.38. The molecule has 1 amide bonds. The topological polar surface area (TPSA) is 66.9 Å². The van der Waals surface area contributed by atoms with Crippen molar-refractivity contribution in [3.8, 4) is 5.75 Å². The Labute approximate surface area is 178 Å². The van der Waals surface area contributed by atoms with Gasteiger partial charge >= 0.3 is 0 Å². The Morgan fingerprint density at radius 1 is 1.07 bits per heavy atom. The lowest BCUT2D eigenvalue weighted by Gasteiger charge is -2.34. The number of piperidine rings is 1. The lowest BCUT2D eigenvalue weighted by molar-refractivity contribution is -0.123. The molecule has 30 heavy (non-hydrogen) atoms. The Kier molecular flexibility index (Phi) is 5.84. The molecule has 1 saturated heterocycles. The number of ether oxygens (including phenoxy) is 1. The van der Waals surface area contributed by atoms with E-state index in [0.29, 0.717) is 38.3 Å². The first-order valence-electron chi connectivity index (χ1n) is 10.6. The first-order valence-corrected chi connectivity index (χ1v) is 12.0. The summed E-state index contributed by atoms with van der Waals surface area (Å²) in [6.45, 7) is 5.21. The number of nitrogens with zero attached hydrogens (tertiary/aromatic N) is 2. The Morgan fingerprint density at radius 3 is 2.40 bits per heavy atom. The summed E-state index contributed by atoms with van der Waals surface area (Å²) in [5.74, 6) is 0.622. The van der Waals surface area contributed by atoms with Gasteiger partial charge in [-0.1, -0.05) is 18.2 Å². The molecule has 0 spiro atoms. The van der Waals surface area contributed by atoms with Crippen molar-refractivity contribution in [3.05, 3.63) is 54.1 Å². The van der Waals surface area contributed by atoms with Crippen molar-refractivity contribution in [2.45, 2.75) is 44.0 Å². The molecule has 6 nitrogen and oxygen atoms in total. The molecule has 160 valence electrons. The molecule has 0 radical (unpaired) electrons. The average molecular weight is 429 g/mol. The smallest absolute Gasteiger partial charge is 0.243 e. The van der Waals surface area contributed by atoms with Crippen LogP contribution in [0, 0.1) is 5.92 Å². The summed E-state index contributed by atoms with van der Waals surface area (Å²) in [5.41, 5.74) is 2.20. The third-order valence-electron chi connectivity index (χ3n) is 6.02. The van der Waals surface area contributed by atoms with Crippen molar-refractivity contribution < 1.29 is 17.9 Å². The van der Waals surface area contributed by atoms with Crippen molar-refractivity contribution in [1.29, 1.82) is 0 Å². The van der Waals surface area contributed by atoms with Gasteiger partial charge in [-0.25, -0.2) is 8.42 Å². The Morgan fingerprint density at radius 2 is 1.73 bits per heavy atom. The fourth-order valence-electron chi connectivity index (χ4n) is 4.46. The SMILES string of the molecule is CCOc1ccc(S(=O)(=O)N2CCC(C(=O)N3c4ccccc4C[C@H]3C)CC2)cc1. The second kappa shape index (κ2) is 8.40. The summed E-state index contributed by atoms with van der Waals surface area (Å²) in [5, 5.41) is 0. The van der Waals surface area contributed by atoms with E-state index in [9.17, 15) is 13.2 Å². The molecule has 1 fully saturated rings. The largest absolute Gasteiger partial charge is 0.494 e. The van der Waals surface area contributed by atoms with Crippen LogP contribution in [0.2, 0.25) is 0 Å². The molecule has 0 aromatic heterocycles. The molecular formula is C23H28N2O4S. The van der Waals surface area contributed by atoms with Gasteiger partial charge in [-0.3, -0.25) is 4.79 Å². The summed E-state index contributed by atoms with van der Waals surface area (Å²) in [6, 6.07) is 14.7. The molecule has 2 aliphatic heterocycles. The van der Waals surface area contributed by atoms with E-state index in [-0.39, 0.29) is 22.8 Å². The zero-order valence-electron chi connectivity index (χ0n) is 17.5. The van der Waals surface area contributed by atoms with Gasteiger partial charge in [0, 0.05) is 30.7 Å². The molecule has 4 rings (SSSR count). The quantitative estimate of drug-likeness (QED) is 0.731. The summed E-state index contributed by atoms with van der Waals surface area (Å²) < 4.78 is 32.9. The molecule has 7 heteroatoms. The molecule has 0 unspecified atom stereocenters. The molecule has 2 aromatic rings. The van der Waals surface area contributed by atoms with Crippen molar-refractivity contribution in [3.63, 3.8) is 0 Å². The van der Waals surface area contributed by atoms with Crippen LogP contribution in [0.25, 0.3) is 0 Å². The van der Waals surface area contributed by atoms with Crippen LogP contribution in [0.5, 0.6) is 5.75 Å². The number of rotatable bonds is 5. The highest BCUT2D eigenvalue weighted by atomic mass is 32.2. The minimum atomic E-state index is -3.57. The minimum Gasteiger partial charge on any atom is -0.494 e. The standard InChI is InChI=1S/C23H28N2O4S/c1-3-29-20-8-10-21(11-9-20)30(27,28)24-14-12-18(13-15-24)23(26)25-17(2)16-19-6-4-5-7-22(19)25/h4-11,17-18H,3,12-16H2,1-2H3/t17-/m1/s1. The van der Waals surface area contributed by atoms with Gasteiger partial charge in [0.05, 0.1) is 11.5 Å². The average Bonchev–Trinajstić information content (AvgIpc) is 3.09. The lowest BCUT2D eigenvalue weighted by atomic mass is 9.96. The normalized spacial score (nSPS) is 20.2. The number of fused-ring (bicyclic) bond motifs is 1. The molecule has 0 bridgehead atoms. The third kappa shape index (κ3) is 3.84. The fraction of sp³-hybridized carbons (Fsp3) is 0.435. The number of carbonyl (C=O) groups excluding carboxylic acids is 1. The van der Waals surface area contributed by atoms with Crippen LogP contribution in [0.1, 0.15) is 32.3 Å². The molecule has 2 aromatic carbocycles. The predicted molar refractivity (Wildman–Crippen MR) is 116 cm³/mol. The molecule has 0 N–H and O–H groups in total. The number of anilines is 1. The summed E-state index contributed by atoms with van der Waals surface area (Å²) >= 11 is 0. The van der Waals surface area contributed by atoms with Crippen LogP contribution < -0.4 is 9.64 Å². The van der Waals surface area contributed by atoms with E-state index in [1.165, 1.54) is 9.87 Å². The van der Waals surface area contributed by atoms with Crippen molar-refractivity contribution >= 4 is 21.6 Å². The van der Waals surface area contributed by atoms with Crippen molar-refractivity contribution in [2.24, 2.45) is 5.92 Å². The van der Waals surface area contributed by atoms with Crippen LogP contribution >= 0.6 is 0 Å². The number of para-hydroxylation sites is 1. The second-order valence-corrected chi connectivity index (χ2v) is 9.91. The third-order valence-corrected chi connectivity index (χ3v) is 7.93. The van der Waals surface area contributed by atoms with Crippen LogP contribution in [0.4, 0.5) is 5.69 Å². The Balaban J connectivity index is 1.43. The van der Waals surface area contributed by atoms with Crippen LogP contribution in [-0.4, -0.2) is 44.4 Å². The number of sulfonamides is 1. The maximum absolute atomic E-state index is 13.2. The van der Waals surface area contributed by atoms with Crippen molar-refractivity contribution in [2.75, 3.05) is 24.6 Å². The van der Waals surface area contributed by atoms with Gasteiger partial charge in [-0.05, 0) is 69.0 Å². The van der Waals surface area contributed by atoms with Gasteiger partial charge in [-0.15, -0.1) is 0 Å². The molecule has 2 aliphatic rings. The van der Waals surface area contributed by atoms with E-state index in [1.54, 1.807) is 24.3 Å². The highest BCUT2D eigenvalue weighted by molar-refractivity contribution is 7.89. The van der Waals surface area contributed by atoms with Gasteiger partial charge < -0.3 is 9.64 Å². The molecule has 0 saturated carbocycles. The highest BCUT2D eigenvalue weighted by Crippen LogP contribution is 2.35. The van der Waals surface area contributed by atoms with E-state index in [0.717, 1.165) is 12.1 Å². The summed E-state index contributed by atoms with van der Waals surface area (Å²) in [4.78, 5) is 15.4. The second-order valence-electron chi connectivity index (χ2n) is 7.97. The van der Waals surface area contributed by atoms with Gasteiger partial charge in [0.25, 0.3) is 0 Å². The molecular weight excluding hydrogens is 400 g/mol. The van der Waals surface area contributed by atoms with E-state index < -0.39 is 10.0 Å². The zero-order valence-corrected chi connectivity index (χ0v) is 18.3. The maximum atomic E-state index is 13.2. The van der Waals surface area contributed by atoms with Crippen LogP contribution in [0.15, 0.2) is 53.4 Å².